The lowest BCUT2D eigenvalue weighted by Gasteiger charge is -2.10. The molecule has 6 rings (SSSR count). The van der Waals surface area contributed by atoms with E-state index in [0.717, 1.165) is 46.8 Å². The molecule has 2 aromatic carbocycles. The first-order valence-electron chi connectivity index (χ1n) is 12.5. The third kappa shape index (κ3) is 5.68. The van der Waals surface area contributed by atoms with E-state index in [0.29, 0.717) is 39.2 Å². The molecule has 1 aliphatic carbocycles. The Labute approximate surface area is 243 Å². The molecule has 0 radical (unpaired) electrons. The number of hydrogen-bond donors (Lipinski definition) is 2. The molecule has 0 saturated heterocycles. The highest BCUT2D eigenvalue weighted by Crippen LogP contribution is 2.40. The maximum Gasteiger partial charge on any atom is 0.355 e. The highest BCUT2D eigenvalue weighted by molar-refractivity contribution is 7.89. The van der Waals surface area contributed by atoms with Crippen LogP contribution in [0.15, 0.2) is 58.8 Å². The minimum absolute atomic E-state index is 0.113. The summed E-state index contributed by atoms with van der Waals surface area (Å²) >= 11 is -0.0296. The molecule has 7 nitrogen and oxygen atoms in total. The van der Waals surface area contributed by atoms with Crippen LogP contribution in [-0.4, -0.2) is 30.4 Å². The molecule has 3 heterocycles. The first-order chi connectivity index (χ1) is 19.7. The second-order valence-corrected chi connectivity index (χ2v) is 12.6. The Morgan fingerprint density at radius 1 is 1.12 bits per heavy atom. The van der Waals surface area contributed by atoms with Crippen molar-refractivity contribution in [1.82, 2.24) is 14.8 Å². The van der Waals surface area contributed by atoms with E-state index < -0.39 is 34.1 Å². The highest BCUT2D eigenvalue weighted by atomic mass is 32.2. The number of nitrogens with two attached hydrogens (primary N) is 1. The molecule has 1 aliphatic rings. The maximum atomic E-state index is 14.9. The Hall–Kier alpha value is -3.49. The van der Waals surface area contributed by atoms with Crippen LogP contribution in [0.2, 0.25) is 0 Å². The average Bonchev–Trinajstić information content (AvgIpc) is 3.28. The number of aromatic nitrogens is 3. The predicted octanol–water partition coefficient (Wildman–Crippen LogP) is 6.36. The van der Waals surface area contributed by atoms with E-state index in [9.17, 15) is 27.6 Å². The molecule has 1 fully saturated rings. The smallest absolute Gasteiger partial charge is 0.355 e. The number of carboxylic acid groups (broad SMARTS) is 1. The molecule has 13 heteroatoms. The van der Waals surface area contributed by atoms with Gasteiger partial charge < -0.3 is 9.66 Å². The van der Waals surface area contributed by atoms with Crippen LogP contribution in [0.4, 0.5) is 13.2 Å². The van der Waals surface area contributed by atoms with Gasteiger partial charge in [-0.1, -0.05) is 6.07 Å². The molecule has 0 amide bonds. The molecular formula is C28H21F3N4O3S3. The lowest BCUT2D eigenvalue weighted by Crippen LogP contribution is -2.14. The van der Waals surface area contributed by atoms with Crippen LogP contribution in [0, 0.1) is 22.7 Å². The SMILES string of the molecule is N[S+]([O-])c1ccc(Cc2c(-c3ccc(F)c(-c4ccc(F)s4)c3)nn(-c3nc(C(=O)O)cs3)c2CC2CC2)cc1F. The van der Waals surface area contributed by atoms with Gasteiger partial charge >= 0.3 is 5.97 Å². The topological polar surface area (TPSA) is 117 Å². The van der Waals surface area contributed by atoms with Crippen molar-refractivity contribution in [2.24, 2.45) is 11.1 Å². The summed E-state index contributed by atoms with van der Waals surface area (Å²) in [5.74, 6) is -1.99. The molecule has 3 N–H and O–H groups in total. The van der Waals surface area contributed by atoms with E-state index in [4.69, 9.17) is 10.2 Å². The fourth-order valence-corrected chi connectivity index (χ4v) is 6.64. The van der Waals surface area contributed by atoms with E-state index in [1.54, 1.807) is 22.9 Å². The van der Waals surface area contributed by atoms with Gasteiger partial charge in [-0.2, -0.15) is 9.49 Å². The number of hydrogen-bond acceptors (Lipinski definition) is 7. The van der Waals surface area contributed by atoms with Crippen molar-refractivity contribution in [1.29, 1.82) is 0 Å². The van der Waals surface area contributed by atoms with E-state index in [1.807, 2.05) is 0 Å². The van der Waals surface area contributed by atoms with Gasteiger partial charge in [-0.25, -0.2) is 23.2 Å². The number of thiophene rings is 1. The van der Waals surface area contributed by atoms with Crippen molar-refractivity contribution in [3.8, 4) is 26.8 Å². The first kappa shape index (κ1) is 27.7. The monoisotopic (exact) mass is 614 g/mol. The zero-order chi connectivity index (χ0) is 28.8. The molecule has 0 bridgehead atoms. The standard InChI is InChI=1S/C28H21F3N4O3S3/c29-19-5-4-16(12-17(19)23-6-8-25(31)40-23)26-18(9-15-3-7-24(41(32)38)20(30)10-15)22(11-14-1-2-14)35(34-26)28-33-21(13-39-28)27(36)37/h3-8,10,12-14H,1-2,9,11,32H2,(H,36,37). The van der Waals surface area contributed by atoms with Gasteiger partial charge in [0.1, 0.15) is 5.82 Å². The molecule has 3 aromatic heterocycles. The van der Waals surface area contributed by atoms with Crippen LogP contribution in [0.1, 0.15) is 40.2 Å². The van der Waals surface area contributed by atoms with Crippen molar-refractivity contribution in [3.63, 3.8) is 0 Å². The van der Waals surface area contributed by atoms with Gasteiger partial charge in [0, 0.05) is 33.4 Å². The summed E-state index contributed by atoms with van der Waals surface area (Å²) in [7, 11) is 0. The Morgan fingerprint density at radius 3 is 2.56 bits per heavy atom. The number of aromatic carboxylic acids is 1. The largest absolute Gasteiger partial charge is 0.593 e. The third-order valence-corrected chi connectivity index (χ3v) is 9.32. The lowest BCUT2D eigenvalue weighted by molar-refractivity contribution is 0.0691. The number of nitrogens with zero attached hydrogens (tertiary/aromatic N) is 3. The molecule has 5 aromatic rings. The summed E-state index contributed by atoms with van der Waals surface area (Å²) in [4.78, 5) is 16.1. The molecule has 1 atom stereocenters. The predicted molar refractivity (Wildman–Crippen MR) is 151 cm³/mol. The minimum Gasteiger partial charge on any atom is -0.593 e. The normalized spacial score (nSPS) is 14.0. The van der Waals surface area contributed by atoms with Gasteiger partial charge in [0.2, 0.25) is 10.0 Å². The van der Waals surface area contributed by atoms with Crippen LogP contribution >= 0.6 is 22.7 Å². The van der Waals surface area contributed by atoms with Crippen LogP contribution < -0.4 is 5.14 Å². The number of benzene rings is 2. The maximum absolute atomic E-state index is 14.9. The van der Waals surface area contributed by atoms with Crippen molar-refractivity contribution in [2.75, 3.05) is 0 Å². The van der Waals surface area contributed by atoms with E-state index in [-0.39, 0.29) is 22.6 Å². The molecule has 1 saturated carbocycles. The van der Waals surface area contributed by atoms with E-state index >= 15 is 0 Å². The summed E-state index contributed by atoms with van der Waals surface area (Å²) in [6.07, 6.45) is 2.90. The summed E-state index contributed by atoms with van der Waals surface area (Å²) in [6.45, 7) is 0. The van der Waals surface area contributed by atoms with Crippen LogP contribution in [0.3, 0.4) is 0 Å². The summed E-state index contributed by atoms with van der Waals surface area (Å²) in [5, 5.41) is 21.0. The average molecular weight is 615 g/mol. The Balaban J connectivity index is 1.53. The number of rotatable bonds is 9. The zero-order valence-corrected chi connectivity index (χ0v) is 23.6. The Morgan fingerprint density at radius 2 is 1.93 bits per heavy atom. The highest BCUT2D eigenvalue weighted by Gasteiger charge is 2.30. The fraction of sp³-hybridized carbons (Fsp3) is 0.179. The molecule has 0 aliphatic heterocycles. The molecule has 210 valence electrons. The Bertz CT molecular complexity index is 1780. The second kappa shape index (κ2) is 11.1. The zero-order valence-electron chi connectivity index (χ0n) is 21.1. The van der Waals surface area contributed by atoms with Gasteiger partial charge in [0.05, 0.1) is 22.7 Å². The van der Waals surface area contributed by atoms with Crippen molar-refractivity contribution in [3.05, 3.63) is 93.2 Å². The van der Waals surface area contributed by atoms with Gasteiger partial charge in [0.15, 0.2) is 16.6 Å². The number of halogens is 3. The molecular weight excluding hydrogens is 594 g/mol. The van der Waals surface area contributed by atoms with E-state index in [2.05, 4.69) is 4.98 Å². The van der Waals surface area contributed by atoms with Crippen LogP contribution in [0.25, 0.3) is 26.8 Å². The molecule has 41 heavy (non-hydrogen) atoms. The molecule has 1 unspecified atom stereocenters. The third-order valence-electron chi connectivity index (χ3n) is 6.83. The molecule has 0 spiro atoms. The summed E-state index contributed by atoms with van der Waals surface area (Å²) in [5.41, 5.74) is 3.23. The van der Waals surface area contributed by atoms with Gasteiger partial charge in [0.25, 0.3) is 0 Å². The minimum atomic E-state index is -1.98. The van der Waals surface area contributed by atoms with Crippen LogP contribution in [-0.2, 0) is 24.2 Å². The van der Waals surface area contributed by atoms with Crippen LogP contribution in [0.5, 0.6) is 0 Å². The lowest BCUT2D eigenvalue weighted by atomic mass is 9.96. The summed E-state index contributed by atoms with van der Waals surface area (Å²) in [6, 6.07) is 11.6. The number of carboxylic acids is 1. The first-order valence-corrected chi connectivity index (χ1v) is 15.4. The van der Waals surface area contributed by atoms with Gasteiger partial charge in [-0.15, -0.1) is 27.8 Å². The van der Waals surface area contributed by atoms with Crippen molar-refractivity contribution in [2.45, 2.75) is 30.6 Å². The van der Waals surface area contributed by atoms with E-state index in [1.165, 1.54) is 35.7 Å². The van der Waals surface area contributed by atoms with Gasteiger partial charge in [-0.05, 0) is 73.2 Å². The summed E-state index contributed by atoms with van der Waals surface area (Å²) < 4.78 is 56.7. The van der Waals surface area contributed by atoms with Gasteiger partial charge in [-0.3, -0.25) is 0 Å². The Kier molecular flexibility index (Phi) is 7.47. The fourth-order valence-electron chi connectivity index (χ4n) is 4.67. The number of thiazole rings is 1. The quantitative estimate of drug-likeness (QED) is 0.187. The van der Waals surface area contributed by atoms with Crippen molar-refractivity contribution < 1.29 is 27.6 Å². The second-order valence-electron chi connectivity index (χ2n) is 9.69. The van der Waals surface area contributed by atoms with Crippen molar-refractivity contribution >= 4 is 40.0 Å². The number of carbonyl (C=O) groups is 1.